The van der Waals surface area contributed by atoms with Gasteiger partial charge in [0.2, 0.25) is 0 Å². The fourth-order valence-electron chi connectivity index (χ4n) is 2.29. The van der Waals surface area contributed by atoms with Gasteiger partial charge in [0.15, 0.2) is 0 Å². The molecule has 21 heavy (non-hydrogen) atoms. The first-order chi connectivity index (χ1) is 10.2. The van der Waals surface area contributed by atoms with Crippen molar-refractivity contribution in [2.45, 2.75) is 32.7 Å². The van der Waals surface area contributed by atoms with Crippen molar-refractivity contribution in [1.82, 2.24) is 9.55 Å². The Labute approximate surface area is 122 Å². The molecule has 4 N–H and O–H groups in total. The minimum absolute atomic E-state index is 0.249. The zero-order chi connectivity index (χ0) is 15.2. The quantitative estimate of drug-likeness (QED) is 0.546. The molecule has 2 rings (SSSR count). The Balaban J connectivity index is 2.18. The second-order valence-corrected chi connectivity index (χ2v) is 4.89. The average molecular weight is 288 g/mol. The van der Waals surface area contributed by atoms with Crippen LogP contribution in [0, 0.1) is 0 Å². The van der Waals surface area contributed by atoms with Gasteiger partial charge in [-0.3, -0.25) is 15.2 Å². The number of hydrogen-bond acceptors (Lipinski definition) is 4. The number of hydrogen-bond donors (Lipinski definition) is 3. The summed E-state index contributed by atoms with van der Waals surface area (Å²) in [5.41, 5.74) is 4.58. The van der Waals surface area contributed by atoms with Crippen LogP contribution in [0.25, 0.3) is 0 Å². The van der Waals surface area contributed by atoms with E-state index in [1.165, 1.54) is 10.6 Å². The Morgan fingerprint density at radius 3 is 2.67 bits per heavy atom. The van der Waals surface area contributed by atoms with Gasteiger partial charge in [-0.2, -0.15) is 0 Å². The Hall–Kier alpha value is -2.34. The number of H-pyrrole nitrogens is 1. The van der Waals surface area contributed by atoms with E-state index < -0.39 is 0 Å². The lowest BCUT2D eigenvalue weighted by atomic mass is 10.1. The van der Waals surface area contributed by atoms with Crippen molar-refractivity contribution in [3.05, 3.63) is 62.4 Å². The summed E-state index contributed by atoms with van der Waals surface area (Å²) in [6.45, 7) is 2.37. The highest BCUT2D eigenvalue weighted by molar-refractivity contribution is 5.50. The largest absolute Gasteiger partial charge is 0.328 e. The van der Waals surface area contributed by atoms with Crippen LogP contribution in [-0.4, -0.2) is 9.55 Å². The van der Waals surface area contributed by atoms with E-state index in [-0.39, 0.29) is 11.2 Å². The van der Waals surface area contributed by atoms with Gasteiger partial charge >= 0.3 is 5.69 Å². The predicted octanol–water partition coefficient (Wildman–Crippen LogP) is 1.02. The van der Waals surface area contributed by atoms with E-state index >= 15 is 0 Å². The summed E-state index contributed by atoms with van der Waals surface area (Å²) in [6.07, 6.45) is 2.02. The molecule has 0 aliphatic carbocycles. The lowest BCUT2D eigenvalue weighted by Crippen LogP contribution is -2.35. The van der Waals surface area contributed by atoms with Crippen molar-refractivity contribution in [3.63, 3.8) is 0 Å². The van der Waals surface area contributed by atoms with Crippen LogP contribution in [0.5, 0.6) is 0 Å². The van der Waals surface area contributed by atoms with Gasteiger partial charge in [0, 0.05) is 18.3 Å². The van der Waals surface area contributed by atoms with Gasteiger partial charge in [-0.05, 0) is 30.9 Å². The molecular formula is C15H20N4O2. The third-order valence-corrected chi connectivity index (χ3v) is 3.36. The van der Waals surface area contributed by atoms with Gasteiger partial charge in [0.1, 0.15) is 0 Å². The van der Waals surface area contributed by atoms with Crippen molar-refractivity contribution in [1.29, 1.82) is 0 Å². The highest BCUT2D eigenvalue weighted by Gasteiger charge is 2.05. The molecule has 0 saturated heterocycles. The number of benzene rings is 1. The smallest absolute Gasteiger partial charge is 0.324 e. The van der Waals surface area contributed by atoms with Gasteiger partial charge in [-0.15, -0.1) is 0 Å². The van der Waals surface area contributed by atoms with Gasteiger partial charge in [-0.25, -0.2) is 4.79 Å². The van der Waals surface area contributed by atoms with Gasteiger partial charge in [0.25, 0.3) is 5.56 Å². The van der Waals surface area contributed by atoms with E-state index in [0.29, 0.717) is 25.1 Å². The Bertz CT molecular complexity index is 687. The molecule has 1 heterocycles. The molecule has 6 heteroatoms. The molecule has 2 aromatic rings. The number of nitrogens with zero attached hydrogens (tertiary/aromatic N) is 1. The molecule has 0 spiro atoms. The van der Waals surface area contributed by atoms with Gasteiger partial charge in [0.05, 0.1) is 5.69 Å². The molecule has 0 bridgehead atoms. The number of aromatic amines is 1. The summed E-state index contributed by atoms with van der Waals surface area (Å²) in [5.74, 6) is 5.46. The standard InChI is InChI=1S/C15H20N4O2/c1-2-9-19-14(20)10-12(17-15(19)21)8-7-11-5-3-4-6-13(11)18-16/h3-6,10,18H,2,7-9,16H2,1H3,(H,17,21). The van der Waals surface area contributed by atoms with Crippen LogP contribution in [0.15, 0.2) is 39.9 Å². The number of aromatic nitrogens is 2. The normalized spacial score (nSPS) is 10.6. The Kier molecular flexibility index (Phi) is 4.94. The molecule has 0 radical (unpaired) electrons. The number of anilines is 1. The summed E-state index contributed by atoms with van der Waals surface area (Å²) in [7, 11) is 0. The van der Waals surface area contributed by atoms with Crippen molar-refractivity contribution in [2.75, 3.05) is 5.43 Å². The number of nitrogen functional groups attached to an aromatic ring is 1. The summed E-state index contributed by atoms with van der Waals surface area (Å²) in [4.78, 5) is 26.5. The number of nitrogens with two attached hydrogens (primary N) is 1. The highest BCUT2D eigenvalue weighted by atomic mass is 16.2. The number of aryl methyl sites for hydroxylation is 2. The van der Waals surface area contributed by atoms with Crippen LogP contribution in [0.1, 0.15) is 24.6 Å². The lowest BCUT2D eigenvalue weighted by molar-refractivity contribution is 0.608. The van der Waals surface area contributed by atoms with Gasteiger partial charge in [-0.1, -0.05) is 25.1 Å². The molecule has 0 saturated carbocycles. The van der Waals surface area contributed by atoms with Crippen LogP contribution < -0.4 is 22.5 Å². The van der Waals surface area contributed by atoms with Crippen molar-refractivity contribution in [3.8, 4) is 0 Å². The van der Waals surface area contributed by atoms with Crippen molar-refractivity contribution in [2.24, 2.45) is 5.84 Å². The first-order valence-corrected chi connectivity index (χ1v) is 7.03. The minimum atomic E-state index is -0.343. The molecule has 1 aromatic heterocycles. The Morgan fingerprint density at radius 2 is 2.00 bits per heavy atom. The van der Waals surface area contributed by atoms with E-state index in [2.05, 4.69) is 10.4 Å². The number of para-hydroxylation sites is 1. The summed E-state index contributed by atoms with van der Waals surface area (Å²) >= 11 is 0. The van der Waals surface area contributed by atoms with Crippen LogP contribution in [0.3, 0.4) is 0 Å². The minimum Gasteiger partial charge on any atom is -0.324 e. The van der Waals surface area contributed by atoms with Crippen LogP contribution in [0.4, 0.5) is 5.69 Å². The molecule has 0 atom stereocenters. The maximum Gasteiger partial charge on any atom is 0.328 e. The van der Waals surface area contributed by atoms with Crippen LogP contribution >= 0.6 is 0 Å². The van der Waals surface area contributed by atoms with Crippen molar-refractivity contribution < 1.29 is 0 Å². The van der Waals surface area contributed by atoms with Crippen LogP contribution in [-0.2, 0) is 19.4 Å². The van der Waals surface area contributed by atoms with Gasteiger partial charge < -0.3 is 10.4 Å². The molecule has 0 aliphatic rings. The first kappa shape index (κ1) is 15.1. The molecule has 6 nitrogen and oxygen atoms in total. The summed E-state index contributed by atoms with van der Waals surface area (Å²) in [6, 6.07) is 9.17. The second-order valence-electron chi connectivity index (χ2n) is 4.89. The fourth-order valence-corrected chi connectivity index (χ4v) is 2.29. The Morgan fingerprint density at radius 1 is 1.24 bits per heavy atom. The van der Waals surface area contributed by atoms with Crippen LogP contribution in [0.2, 0.25) is 0 Å². The molecule has 1 aromatic carbocycles. The zero-order valence-corrected chi connectivity index (χ0v) is 12.1. The van der Waals surface area contributed by atoms with E-state index in [1.54, 1.807) is 0 Å². The molecule has 0 amide bonds. The van der Waals surface area contributed by atoms with E-state index in [4.69, 9.17) is 5.84 Å². The number of nitrogens with one attached hydrogen (secondary N) is 2. The second kappa shape index (κ2) is 6.90. The van der Waals surface area contributed by atoms with E-state index in [9.17, 15) is 9.59 Å². The molecule has 112 valence electrons. The summed E-state index contributed by atoms with van der Waals surface area (Å²) < 4.78 is 1.22. The molecular weight excluding hydrogens is 268 g/mol. The lowest BCUT2D eigenvalue weighted by Gasteiger charge is -2.09. The zero-order valence-electron chi connectivity index (χ0n) is 12.1. The third kappa shape index (κ3) is 3.61. The summed E-state index contributed by atoms with van der Waals surface area (Å²) in [5, 5.41) is 0. The number of rotatable bonds is 6. The maximum absolute atomic E-state index is 11.9. The van der Waals surface area contributed by atoms with Crippen molar-refractivity contribution >= 4 is 5.69 Å². The third-order valence-electron chi connectivity index (χ3n) is 3.36. The van der Waals surface area contributed by atoms with E-state index in [0.717, 1.165) is 17.7 Å². The SMILES string of the molecule is CCCn1c(=O)cc(CCc2ccccc2NN)[nH]c1=O. The molecule has 0 aliphatic heterocycles. The molecule has 0 fully saturated rings. The monoisotopic (exact) mass is 288 g/mol. The van der Waals surface area contributed by atoms with E-state index in [1.807, 2.05) is 31.2 Å². The number of hydrazine groups is 1. The first-order valence-electron chi connectivity index (χ1n) is 7.03. The average Bonchev–Trinajstić information content (AvgIpc) is 2.49. The molecule has 0 unspecified atom stereocenters. The topological polar surface area (TPSA) is 92.9 Å². The highest BCUT2D eigenvalue weighted by Crippen LogP contribution is 2.15. The fraction of sp³-hybridized carbons (Fsp3) is 0.333. The predicted molar refractivity (Wildman–Crippen MR) is 83.3 cm³/mol. The maximum atomic E-state index is 11.9.